The summed E-state index contributed by atoms with van der Waals surface area (Å²) in [5.41, 5.74) is 6.93. The van der Waals surface area contributed by atoms with Crippen molar-refractivity contribution in [3.63, 3.8) is 0 Å². The van der Waals surface area contributed by atoms with Gasteiger partial charge in [-0.15, -0.1) is 0 Å². The van der Waals surface area contributed by atoms with Crippen molar-refractivity contribution in [2.24, 2.45) is 0 Å². The van der Waals surface area contributed by atoms with Crippen LogP contribution in [0, 0.1) is 6.92 Å². The lowest BCUT2D eigenvalue weighted by Gasteiger charge is -2.28. The molecule has 0 radical (unpaired) electrons. The minimum Gasteiger partial charge on any atom is -0.372 e. The molecule has 1 heterocycles. The number of hydrogen-bond donors (Lipinski definition) is 2. The third kappa shape index (κ3) is 4.34. The highest BCUT2D eigenvalue weighted by Crippen LogP contribution is 2.20. The molecule has 0 saturated heterocycles. The maximum atomic E-state index is 12.6. The Morgan fingerprint density at radius 3 is 2.32 bits per heavy atom. The van der Waals surface area contributed by atoms with E-state index in [1.54, 1.807) is 6.08 Å². The maximum absolute atomic E-state index is 12.6. The van der Waals surface area contributed by atoms with Crippen molar-refractivity contribution >= 4 is 28.9 Å². The first-order valence-corrected chi connectivity index (χ1v) is 9.54. The van der Waals surface area contributed by atoms with E-state index in [1.807, 2.05) is 55.5 Å². The molecule has 2 aromatic rings. The van der Waals surface area contributed by atoms with Crippen molar-refractivity contribution in [1.82, 2.24) is 5.43 Å². The van der Waals surface area contributed by atoms with Crippen LogP contribution in [0.25, 0.3) is 0 Å². The van der Waals surface area contributed by atoms with E-state index >= 15 is 0 Å². The number of nitrogens with one attached hydrogen (secondary N) is 2. The Kier molecular flexibility index (Phi) is 5.99. The molecule has 3 rings (SSSR count). The summed E-state index contributed by atoms with van der Waals surface area (Å²) < 4.78 is 0. The van der Waals surface area contributed by atoms with Gasteiger partial charge in [0.1, 0.15) is 5.70 Å². The zero-order chi connectivity index (χ0) is 20.1. The Bertz CT molecular complexity index is 868. The standard InChI is InChI=1S/C22H26N4O2/c1-4-25(5-2)18-12-8-17(9-13-18)23-22(28)20-14-15-21(27)26(24-20)19-10-6-16(3)7-11-19/h6-14,24H,4-5,15H2,1-3H3,(H,23,28). The summed E-state index contributed by atoms with van der Waals surface area (Å²) in [4.78, 5) is 27.1. The molecule has 146 valence electrons. The van der Waals surface area contributed by atoms with Crippen LogP contribution in [0.2, 0.25) is 0 Å². The van der Waals surface area contributed by atoms with Crippen LogP contribution in [0.15, 0.2) is 60.3 Å². The molecule has 28 heavy (non-hydrogen) atoms. The average Bonchev–Trinajstić information content (AvgIpc) is 2.71. The van der Waals surface area contributed by atoms with Crippen LogP contribution in [0.5, 0.6) is 0 Å². The zero-order valence-corrected chi connectivity index (χ0v) is 16.5. The van der Waals surface area contributed by atoms with Crippen LogP contribution < -0.4 is 20.7 Å². The molecule has 1 aliphatic rings. The van der Waals surface area contributed by atoms with Crippen LogP contribution in [-0.2, 0) is 9.59 Å². The van der Waals surface area contributed by atoms with E-state index in [9.17, 15) is 9.59 Å². The SMILES string of the molecule is CCN(CC)c1ccc(NC(=O)C2=CCC(=O)N(c3ccc(C)cc3)N2)cc1. The van der Waals surface area contributed by atoms with Crippen LogP contribution in [0.1, 0.15) is 25.8 Å². The summed E-state index contributed by atoms with van der Waals surface area (Å²) in [5.74, 6) is -0.385. The summed E-state index contributed by atoms with van der Waals surface area (Å²) >= 11 is 0. The number of anilines is 3. The molecule has 6 nitrogen and oxygen atoms in total. The Hall–Kier alpha value is -3.28. The van der Waals surface area contributed by atoms with Crippen LogP contribution >= 0.6 is 0 Å². The normalized spacial score (nSPS) is 13.6. The molecule has 2 aromatic carbocycles. The Morgan fingerprint density at radius 2 is 1.71 bits per heavy atom. The lowest BCUT2D eigenvalue weighted by atomic mass is 10.2. The number of benzene rings is 2. The van der Waals surface area contributed by atoms with Gasteiger partial charge in [0.2, 0.25) is 5.91 Å². The molecule has 2 amide bonds. The fourth-order valence-corrected chi connectivity index (χ4v) is 3.10. The fraction of sp³-hybridized carbons (Fsp3) is 0.273. The molecule has 0 saturated carbocycles. The summed E-state index contributed by atoms with van der Waals surface area (Å²) in [6, 6.07) is 15.3. The third-order valence-corrected chi connectivity index (χ3v) is 4.75. The lowest BCUT2D eigenvalue weighted by Crippen LogP contribution is -2.47. The predicted molar refractivity (Wildman–Crippen MR) is 113 cm³/mol. The van der Waals surface area contributed by atoms with Crippen molar-refractivity contribution in [2.45, 2.75) is 27.2 Å². The van der Waals surface area contributed by atoms with Crippen molar-refractivity contribution in [2.75, 3.05) is 28.3 Å². The van der Waals surface area contributed by atoms with Crippen LogP contribution in [-0.4, -0.2) is 24.9 Å². The highest BCUT2D eigenvalue weighted by atomic mass is 16.2. The average molecular weight is 378 g/mol. The number of amides is 2. The Morgan fingerprint density at radius 1 is 1.07 bits per heavy atom. The number of nitrogens with zero attached hydrogens (tertiary/aromatic N) is 2. The van der Waals surface area contributed by atoms with E-state index in [1.165, 1.54) is 5.01 Å². The lowest BCUT2D eigenvalue weighted by molar-refractivity contribution is -0.119. The van der Waals surface area contributed by atoms with Crippen LogP contribution in [0.3, 0.4) is 0 Å². The summed E-state index contributed by atoms with van der Waals surface area (Å²) in [6.07, 6.45) is 1.79. The van der Waals surface area contributed by atoms with Gasteiger partial charge in [-0.1, -0.05) is 17.7 Å². The molecule has 6 heteroatoms. The van der Waals surface area contributed by atoms with E-state index < -0.39 is 0 Å². The number of rotatable bonds is 6. The summed E-state index contributed by atoms with van der Waals surface area (Å²) in [7, 11) is 0. The first-order chi connectivity index (χ1) is 13.5. The highest BCUT2D eigenvalue weighted by Gasteiger charge is 2.24. The molecule has 0 bridgehead atoms. The highest BCUT2D eigenvalue weighted by molar-refractivity contribution is 6.06. The van der Waals surface area contributed by atoms with Gasteiger partial charge in [0.15, 0.2) is 0 Å². The second kappa shape index (κ2) is 8.61. The number of hydrogen-bond acceptors (Lipinski definition) is 4. The molecule has 0 spiro atoms. The van der Waals surface area contributed by atoms with Gasteiger partial charge in [0.05, 0.1) is 5.69 Å². The molecule has 1 aliphatic heterocycles. The van der Waals surface area contributed by atoms with Crippen molar-refractivity contribution < 1.29 is 9.59 Å². The molecular weight excluding hydrogens is 352 g/mol. The van der Waals surface area contributed by atoms with Gasteiger partial charge in [0.25, 0.3) is 5.91 Å². The minimum absolute atomic E-state index is 0.107. The predicted octanol–water partition coefficient (Wildman–Crippen LogP) is 3.61. The first kappa shape index (κ1) is 19.5. The topological polar surface area (TPSA) is 64.7 Å². The maximum Gasteiger partial charge on any atom is 0.273 e. The number of hydrazine groups is 1. The van der Waals surface area contributed by atoms with E-state index in [0.717, 1.165) is 24.3 Å². The van der Waals surface area contributed by atoms with Gasteiger partial charge in [-0.2, -0.15) is 0 Å². The fourth-order valence-electron chi connectivity index (χ4n) is 3.10. The second-order valence-corrected chi connectivity index (χ2v) is 6.67. The smallest absolute Gasteiger partial charge is 0.273 e. The van der Waals surface area contributed by atoms with E-state index in [0.29, 0.717) is 17.1 Å². The van der Waals surface area contributed by atoms with Crippen LogP contribution in [0.4, 0.5) is 17.1 Å². The second-order valence-electron chi connectivity index (χ2n) is 6.67. The summed E-state index contributed by atoms with van der Waals surface area (Å²) in [6.45, 7) is 8.08. The molecule has 0 fully saturated rings. The molecule has 0 atom stereocenters. The molecule has 2 N–H and O–H groups in total. The number of aryl methyl sites for hydroxylation is 1. The third-order valence-electron chi connectivity index (χ3n) is 4.75. The van der Waals surface area contributed by atoms with Gasteiger partial charge in [-0.05, 0) is 63.2 Å². The Labute approximate surface area is 165 Å². The molecular formula is C22H26N4O2. The van der Waals surface area contributed by atoms with Gasteiger partial charge in [-0.3, -0.25) is 15.0 Å². The summed E-state index contributed by atoms with van der Waals surface area (Å²) in [5, 5.41) is 4.30. The first-order valence-electron chi connectivity index (χ1n) is 9.54. The largest absolute Gasteiger partial charge is 0.372 e. The van der Waals surface area contributed by atoms with Crippen molar-refractivity contribution in [3.8, 4) is 0 Å². The van der Waals surface area contributed by atoms with Gasteiger partial charge < -0.3 is 10.2 Å². The van der Waals surface area contributed by atoms with E-state index in [4.69, 9.17) is 0 Å². The van der Waals surface area contributed by atoms with Crippen molar-refractivity contribution in [1.29, 1.82) is 0 Å². The zero-order valence-electron chi connectivity index (χ0n) is 16.5. The van der Waals surface area contributed by atoms with Gasteiger partial charge >= 0.3 is 0 Å². The minimum atomic E-state index is -0.278. The van der Waals surface area contributed by atoms with Gasteiger partial charge in [-0.25, -0.2) is 5.01 Å². The monoisotopic (exact) mass is 378 g/mol. The molecule has 0 unspecified atom stereocenters. The number of carbonyl (C=O) groups is 2. The Balaban J connectivity index is 1.68. The quantitative estimate of drug-likeness (QED) is 0.806. The van der Waals surface area contributed by atoms with E-state index in [-0.39, 0.29) is 18.2 Å². The van der Waals surface area contributed by atoms with Crippen molar-refractivity contribution in [3.05, 3.63) is 65.9 Å². The molecule has 0 aromatic heterocycles. The van der Waals surface area contributed by atoms with Gasteiger partial charge in [0, 0.05) is 30.9 Å². The molecule has 0 aliphatic carbocycles. The van der Waals surface area contributed by atoms with E-state index in [2.05, 4.69) is 29.5 Å². The number of carbonyl (C=O) groups excluding carboxylic acids is 2.